The molecule has 136 valence electrons. The number of hydrogen-bond donors (Lipinski definition) is 1. The lowest BCUT2D eigenvalue weighted by Crippen LogP contribution is -2.48. The van der Waals surface area contributed by atoms with Gasteiger partial charge in [-0.1, -0.05) is 50.1 Å². The molecular formula is C21H30N2O2. The number of benzene rings is 1. The van der Waals surface area contributed by atoms with Gasteiger partial charge < -0.3 is 10.2 Å². The summed E-state index contributed by atoms with van der Waals surface area (Å²) in [4.78, 5) is 27.1. The molecule has 1 heterocycles. The summed E-state index contributed by atoms with van der Waals surface area (Å²) in [5.41, 5.74) is 0.752. The van der Waals surface area contributed by atoms with Gasteiger partial charge in [-0.15, -0.1) is 0 Å². The van der Waals surface area contributed by atoms with E-state index in [1.165, 1.54) is 25.7 Å². The summed E-state index contributed by atoms with van der Waals surface area (Å²) in [5.74, 6) is 0.993. The van der Waals surface area contributed by atoms with Gasteiger partial charge in [-0.3, -0.25) is 9.59 Å². The van der Waals surface area contributed by atoms with E-state index in [0.29, 0.717) is 37.9 Å². The van der Waals surface area contributed by atoms with Crippen LogP contribution >= 0.6 is 0 Å². The molecule has 1 aliphatic heterocycles. The SMILES string of the molecule is CC1(C(=O)NCc2ccccc2)CCN(C(=O)CC2CCCC2)CC1. The predicted molar refractivity (Wildman–Crippen MR) is 98.8 cm³/mol. The first-order chi connectivity index (χ1) is 12.1. The lowest BCUT2D eigenvalue weighted by Gasteiger charge is -2.38. The summed E-state index contributed by atoms with van der Waals surface area (Å²) >= 11 is 0. The lowest BCUT2D eigenvalue weighted by molar-refractivity contribution is -0.140. The van der Waals surface area contributed by atoms with Crippen LogP contribution in [0.15, 0.2) is 30.3 Å². The van der Waals surface area contributed by atoms with E-state index < -0.39 is 0 Å². The largest absolute Gasteiger partial charge is 0.352 e. The van der Waals surface area contributed by atoms with Gasteiger partial charge in [0.2, 0.25) is 11.8 Å². The summed E-state index contributed by atoms with van der Waals surface area (Å²) in [6.07, 6.45) is 7.18. The third-order valence-electron chi connectivity index (χ3n) is 6.00. The van der Waals surface area contributed by atoms with Crippen molar-refractivity contribution in [2.45, 2.75) is 58.4 Å². The number of hydrogen-bond acceptors (Lipinski definition) is 2. The second kappa shape index (κ2) is 8.03. The molecule has 1 saturated carbocycles. The van der Waals surface area contributed by atoms with Gasteiger partial charge in [0.15, 0.2) is 0 Å². The minimum atomic E-state index is -0.362. The molecule has 0 bridgehead atoms. The standard InChI is InChI=1S/C21H30N2O2/c1-21(20(25)22-16-18-9-3-2-4-10-18)11-13-23(14-12-21)19(24)15-17-7-5-6-8-17/h2-4,9-10,17H,5-8,11-16H2,1H3,(H,22,25). The van der Waals surface area contributed by atoms with E-state index in [-0.39, 0.29) is 11.3 Å². The van der Waals surface area contributed by atoms with Gasteiger partial charge in [0.1, 0.15) is 0 Å². The number of rotatable bonds is 5. The van der Waals surface area contributed by atoms with Crippen LogP contribution in [0.2, 0.25) is 0 Å². The molecule has 1 N–H and O–H groups in total. The van der Waals surface area contributed by atoms with Crippen LogP contribution in [0, 0.1) is 11.3 Å². The Bertz CT molecular complexity index is 585. The van der Waals surface area contributed by atoms with Crippen LogP contribution in [-0.4, -0.2) is 29.8 Å². The van der Waals surface area contributed by atoms with E-state index >= 15 is 0 Å². The van der Waals surface area contributed by atoms with E-state index in [0.717, 1.165) is 18.4 Å². The third kappa shape index (κ3) is 4.62. The smallest absolute Gasteiger partial charge is 0.226 e. The Balaban J connectivity index is 1.46. The molecule has 1 aromatic carbocycles. The molecule has 4 heteroatoms. The molecule has 0 aromatic heterocycles. The minimum Gasteiger partial charge on any atom is -0.352 e. The first-order valence-electron chi connectivity index (χ1n) is 9.67. The zero-order chi connectivity index (χ0) is 17.7. The second-order valence-electron chi connectivity index (χ2n) is 7.96. The lowest BCUT2D eigenvalue weighted by atomic mass is 9.79. The van der Waals surface area contributed by atoms with Crippen molar-refractivity contribution >= 4 is 11.8 Å². The molecule has 1 saturated heterocycles. The maximum atomic E-state index is 12.6. The number of nitrogens with zero attached hydrogens (tertiary/aromatic N) is 1. The minimum absolute atomic E-state index is 0.110. The Morgan fingerprint density at radius 1 is 1.12 bits per heavy atom. The topological polar surface area (TPSA) is 49.4 Å². The van der Waals surface area contributed by atoms with Crippen molar-refractivity contribution in [3.8, 4) is 0 Å². The van der Waals surface area contributed by atoms with Gasteiger partial charge in [0.05, 0.1) is 0 Å². The third-order valence-corrected chi connectivity index (χ3v) is 6.00. The molecule has 25 heavy (non-hydrogen) atoms. The number of amides is 2. The summed E-state index contributed by atoms with van der Waals surface area (Å²) in [6.45, 7) is 4.02. The van der Waals surface area contributed by atoms with Crippen molar-refractivity contribution in [3.63, 3.8) is 0 Å². The van der Waals surface area contributed by atoms with Gasteiger partial charge in [-0.05, 0) is 37.2 Å². The summed E-state index contributed by atoms with van der Waals surface area (Å²) in [7, 11) is 0. The predicted octanol–water partition coefficient (Wildman–Crippen LogP) is 3.51. The maximum absolute atomic E-state index is 12.6. The highest BCUT2D eigenvalue weighted by Gasteiger charge is 2.38. The van der Waals surface area contributed by atoms with Gasteiger partial charge >= 0.3 is 0 Å². The molecule has 4 nitrogen and oxygen atoms in total. The fourth-order valence-corrected chi connectivity index (χ4v) is 4.06. The van der Waals surface area contributed by atoms with E-state index in [9.17, 15) is 9.59 Å². The Kier molecular flexibility index (Phi) is 5.77. The summed E-state index contributed by atoms with van der Waals surface area (Å²) in [5, 5.41) is 3.07. The average Bonchev–Trinajstić information content (AvgIpc) is 3.14. The van der Waals surface area contributed by atoms with Crippen molar-refractivity contribution in [1.29, 1.82) is 0 Å². The molecule has 1 aromatic rings. The molecule has 0 unspecified atom stereocenters. The van der Waals surface area contributed by atoms with Crippen LogP contribution in [0.5, 0.6) is 0 Å². The molecular weight excluding hydrogens is 312 g/mol. The highest BCUT2D eigenvalue weighted by atomic mass is 16.2. The van der Waals surface area contributed by atoms with Crippen molar-refractivity contribution < 1.29 is 9.59 Å². The summed E-state index contributed by atoms with van der Waals surface area (Å²) < 4.78 is 0. The highest BCUT2D eigenvalue weighted by molar-refractivity contribution is 5.83. The first-order valence-corrected chi connectivity index (χ1v) is 9.67. The Hall–Kier alpha value is -1.84. The van der Waals surface area contributed by atoms with Gasteiger partial charge in [-0.2, -0.15) is 0 Å². The average molecular weight is 342 g/mol. The number of carbonyl (C=O) groups is 2. The Labute approximate surface area is 151 Å². The molecule has 1 aliphatic carbocycles. The monoisotopic (exact) mass is 342 g/mol. The van der Waals surface area contributed by atoms with Crippen molar-refractivity contribution in [1.82, 2.24) is 10.2 Å². The zero-order valence-corrected chi connectivity index (χ0v) is 15.3. The van der Waals surface area contributed by atoms with Gasteiger partial charge in [-0.25, -0.2) is 0 Å². The van der Waals surface area contributed by atoms with E-state index in [1.807, 2.05) is 42.2 Å². The Morgan fingerprint density at radius 2 is 1.76 bits per heavy atom. The first kappa shape index (κ1) is 18.0. The van der Waals surface area contributed by atoms with Crippen LogP contribution < -0.4 is 5.32 Å². The number of nitrogens with one attached hydrogen (secondary N) is 1. The van der Waals surface area contributed by atoms with Crippen molar-refractivity contribution in [3.05, 3.63) is 35.9 Å². The number of piperidine rings is 1. The van der Waals surface area contributed by atoms with E-state index in [2.05, 4.69) is 5.32 Å². The molecule has 2 fully saturated rings. The molecule has 3 rings (SSSR count). The highest BCUT2D eigenvalue weighted by Crippen LogP contribution is 2.33. The zero-order valence-electron chi connectivity index (χ0n) is 15.3. The van der Waals surface area contributed by atoms with Crippen LogP contribution in [0.25, 0.3) is 0 Å². The van der Waals surface area contributed by atoms with E-state index in [1.54, 1.807) is 0 Å². The van der Waals surface area contributed by atoms with E-state index in [4.69, 9.17) is 0 Å². The quantitative estimate of drug-likeness (QED) is 0.890. The molecule has 0 atom stereocenters. The number of carbonyl (C=O) groups excluding carboxylic acids is 2. The fraction of sp³-hybridized carbons (Fsp3) is 0.619. The second-order valence-corrected chi connectivity index (χ2v) is 7.96. The molecule has 2 amide bonds. The van der Waals surface area contributed by atoms with Crippen LogP contribution in [-0.2, 0) is 16.1 Å². The van der Waals surface area contributed by atoms with Crippen LogP contribution in [0.4, 0.5) is 0 Å². The fourth-order valence-electron chi connectivity index (χ4n) is 4.06. The summed E-state index contributed by atoms with van der Waals surface area (Å²) in [6, 6.07) is 9.99. The van der Waals surface area contributed by atoms with Crippen LogP contribution in [0.1, 0.15) is 57.4 Å². The Morgan fingerprint density at radius 3 is 2.40 bits per heavy atom. The number of likely N-dealkylation sites (tertiary alicyclic amines) is 1. The van der Waals surface area contributed by atoms with Crippen molar-refractivity contribution in [2.75, 3.05) is 13.1 Å². The van der Waals surface area contributed by atoms with Gasteiger partial charge in [0, 0.05) is 31.5 Å². The molecule has 0 spiro atoms. The van der Waals surface area contributed by atoms with Crippen molar-refractivity contribution in [2.24, 2.45) is 11.3 Å². The van der Waals surface area contributed by atoms with Gasteiger partial charge in [0.25, 0.3) is 0 Å². The molecule has 0 radical (unpaired) electrons. The normalized spacial score (nSPS) is 20.4. The van der Waals surface area contributed by atoms with Crippen LogP contribution in [0.3, 0.4) is 0 Å². The molecule has 2 aliphatic rings. The maximum Gasteiger partial charge on any atom is 0.226 e.